The van der Waals surface area contributed by atoms with Gasteiger partial charge in [0.1, 0.15) is 0 Å². The van der Waals surface area contributed by atoms with Crippen LogP contribution in [0.25, 0.3) is 0 Å². The monoisotopic (exact) mass is 184 g/mol. The Hall–Kier alpha value is -0.380. The van der Waals surface area contributed by atoms with Crippen molar-refractivity contribution in [3.05, 3.63) is 11.6 Å². The van der Waals surface area contributed by atoms with Gasteiger partial charge in [-0.3, -0.25) is 0 Å². The number of aliphatic hydroxyl groups excluding tert-OH is 1. The minimum atomic E-state index is 0.159. The molecule has 1 aliphatic heterocycles. The molecule has 1 saturated heterocycles. The van der Waals surface area contributed by atoms with Gasteiger partial charge in [-0.1, -0.05) is 6.08 Å². The van der Waals surface area contributed by atoms with E-state index in [0.29, 0.717) is 0 Å². The topological polar surface area (TPSA) is 38.7 Å². The van der Waals surface area contributed by atoms with Crippen LogP contribution in [-0.2, 0) is 9.47 Å². The molecule has 0 amide bonds. The molecule has 1 fully saturated rings. The molecule has 2 atom stereocenters. The number of hydrogen-bond acceptors (Lipinski definition) is 3. The van der Waals surface area contributed by atoms with Crippen molar-refractivity contribution in [2.75, 3.05) is 19.8 Å². The summed E-state index contributed by atoms with van der Waals surface area (Å²) in [5, 5.41) is 8.99. The summed E-state index contributed by atoms with van der Waals surface area (Å²) in [6.07, 6.45) is 5.19. The average molecular weight is 184 g/mol. The van der Waals surface area contributed by atoms with Crippen molar-refractivity contribution >= 4 is 0 Å². The van der Waals surface area contributed by atoms with Crippen molar-refractivity contribution in [2.24, 2.45) is 0 Å². The van der Waals surface area contributed by atoms with Gasteiger partial charge in [0.25, 0.3) is 0 Å². The van der Waals surface area contributed by atoms with Crippen LogP contribution in [0.15, 0.2) is 11.6 Å². The van der Waals surface area contributed by atoms with Gasteiger partial charge in [0.2, 0.25) is 0 Å². The molecule has 3 heteroatoms. The SMILES string of the molecule is OCC1=CCC2OCCCOC2C1. The molecular weight excluding hydrogens is 168 g/mol. The zero-order chi connectivity index (χ0) is 9.10. The fourth-order valence-corrected chi connectivity index (χ4v) is 1.91. The number of rotatable bonds is 1. The van der Waals surface area contributed by atoms with E-state index in [4.69, 9.17) is 14.6 Å². The van der Waals surface area contributed by atoms with Gasteiger partial charge in [-0.25, -0.2) is 0 Å². The Bertz CT molecular complexity index is 200. The lowest BCUT2D eigenvalue weighted by molar-refractivity contribution is -0.0388. The summed E-state index contributed by atoms with van der Waals surface area (Å²) in [5.74, 6) is 0. The minimum absolute atomic E-state index is 0.159. The van der Waals surface area contributed by atoms with E-state index in [1.54, 1.807) is 0 Å². The molecule has 0 spiro atoms. The summed E-state index contributed by atoms with van der Waals surface area (Å²) < 4.78 is 11.3. The maximum Gasteiger partial charge on any atom is 0.0877 e. The molecule has 0 aromatic carbocycles. The normalized spacial score (nSPS) is 34.7. The Labute approximate surface area is 78.3 Å². The van der Waals surface area contributed by atoms with Crippen molar-refractivity contribution in [3.63, 3.8) is 0 Å². The smallest absolute Gasteiger partial charge is 0.0877 e. The third-order valence-electron chi connectivity index (χ3n) is 2.67. The van der Waals surface area contributed by atoms with Crippen LogP contribution in [0.4, 0.5) is 0 Å². The van der Waals surface area contributed by atoms with Crippen molar-refractivity contribution < 1.29 is 14.6 Å². The van der Waals surface area contributed by atoms with Crippen molar-refractivity contribution in [3.8, 4) is 0 Å². The second-order valence-corrected chi connectivity index (χ2v) is 3.63. The summed E-state index contributed by atoms with van der Waals surface area (Å²) in [5.41, 5.74) is 1.09. The Kier molecular flexibility index (Phi) is 2.98. The number of hydrogen-bond donors (Lipinski definition) is 1. The first-order chi connectivity index (χ1) is 6.40. The highest BCUT2D eigenvalue weighted by Crippen LogP contribution is 2.25. The van der Waals surface area contributed by atoms with E-state index < -0.39 is 0 Å². The van der Waals surface area contributed by atoms with Crippen LogP contribution in [0.3, 0.4) is 0 Å². The van der Waals surface area contributed by atoms with Gasteiger partial charge in [-0.05, 0) is 24.8 Å². The molecule has 74 valence electrons. The van der Waals surface area contributed by atoms with Gasteiger partial charge >= 0.3 is 0 Å². The van der Waals surface area contributed by atoms with E-state index in [1.807, 2.05) is 0 Å². The highest BCUT2D eigenvalue weighted by atomic mass is 16.5. The maximum absolute atomic E-state index is 8.99. The largest absolute Gasteiger partial charge is 0.392 e. The van der Waals surface area contributed by atoms with Gasteiger partial charge in [-0.15, -0.1) is 0 Å². The number of ether oxygens (including phenoxy) is 2. The van der Waals surface area contributed by atoms with Gasteiger partial charge in [0.15, 0.2) is 0 Å². The fraction of sp³-hybridized carbons (Fsp3) is 0.800. The second kappa shape index (κ2) is 4.22. The van der Waals surface area contributed by atoms with Gasteiger partial charge in [0, 0.05) is 13.2 Å². The van der Waals surface area contributed by atoms with Crippen LogP contribution < -0.4 is 0 Å². The van der Waals surface area contributed by atoms with Crippen LogP contribution in [0, 0.1) is 0 Å². The van der Waals surface area contributed by atoms with Crippen molar-refractivity contribution in [1.82, 2.24) is 0 Å². The van der Waals surface area contributed by atoms with Crippen LogP contribution in [0.5, 0.6) is 0 Å². The molecule has 2 aliphatic rings. The molecule has 0 saturated carbocycles. The Morgan fingerprint density at radius 3 is 2.85 bits per heavy atom. The third-order valence-corrected chi connectivity index (χ3v) is 2.67. The standard InChI is InChI=1S/C10H16O3/c11-7-8-2-3-9-10(6-8)13-5-1-4-12-9/h2,9-11H,1,3-7H2. The zero-order valence-corrected chi connectivity index (χ0v) is 7.74. The van der Waals surface area contributed by atoms with E-state index in [0.717, 1.165) is 38.0 Å². The van der Waals surface area contributed by atoms with E-state index in [9.17, 15) is 0 Å². The first-order valence-corrected chi connectivity index (χ1v) is 4.92. The van der Waals surface area contributed by atoms with Crippen LogP contribution in [0.1, 0.15) is 19.3 Å². The van der Waals surface area contributed by atoms with Gasteiger partial charge < -0.3 is 14.6 Å². The van der Waals surface area contributed by atoms with Crippen LogP contribution in [-0.4, -0.2) is 37.1 Å². The van der Waals surface area contributed by atoms with E-state index in [-0.39, 0.29) is 18.8 Å². The molecule has 0 aromatic heterocycles. The fourth-order valence-electron chi connectivity index (χ4n) is 1.91. The Morgan fingerprint density at radius 1 is 1.31 bits per heavy atom. The van der Waals surface area contributed by atoms with E-state index >= 15 is 0 Å². The quantitative estimate of drug-likeness (QED) is 0.615. The third kappa shape index (κ3) is 2.10. The molecule has 0 radical (unpaired) electrons. The number of fused-ring (bicyclic) bond motifs is 1. The summed E-state index contributed by atoms with van der Waals surface area (Å²) in [6, 6.07) is 0. The van der Waals surface area contributed by atoms with Crippen LogP contribution >= 0.6 is 0 Å². The minimum Gasteiger partial charge on any atom is -0.392 e. The zero-order valence-electron chi connectivity index (χ0n) is 7.74. The first-order valence-electron chi connectivity index (χ1n) is 4.92. The van der Waals surface area contributed by atoms with Crippen molar-refractivity contribution in [2.45, 2.75) is 31.5 Å². The predicted molar refractivity (Wildman–Crippen MR) is 48.5 cm³/mol. The van der Waals surface area contributed by atoms with Crippen molar-refractivity contribution in [1.29, 1.82) is 0 Å². The highest BCUT2D eigenvalue weighted by molar-refractivity contribution is 5.10. The molecular formula is C10H16O3. The molecule has 3 nitrogen and oxygen atoms in total. The second-order valence-electron chi connectivity index (χ2n) is 3.63. The lowest BCUT2D eigenvalue weighted by Crippen LogP contribution is -2.33. The summed E-state index contributed by atoms with van der Waals surface area (Å²) in [6.45, 7) is 1.76. The molecule has 0 aromatic rings. The molecule has 1 N–H and O–H groups in total. The lowest BCUT2D eigenvalue weighted by atomic mass is 9.94. The Balaban J connectivity index is 2.00. The average Bonchev–Trinajstić information content (AvgIpc) is 2.41. The van der Waals surface area contributed by atoms with E-state index in [1.165, 1.54) is 0 Å². The molecule has 0 bridgehead atoms. The van der Waals surface area contributed by atoms with Gasteiger partial charge in [0.05, 0.1) is 18.8 Å². The first kappa shape index (κ1) is 9.19. The molecule has 2 unspecified atom stereocenters. The summed E-state index contributed by atoms with van der Waals surface area (Å²) >= 11 is 0. The maximum atomic E-state index is 8.99. The summed E-state index contributed by atoms with van der Waals surface area (Å²) in [4.78, 5) is 0. The molecule has 13 heavy (non-hydrogen) atoms. The van der Waals surface area contributed by atoms with E-state index in [2.05, 4.69) is 6.08 Å². The van der Waals surface area contributed by atoms with Crippen LogP contribution in [0.2, 0.25) is 0 Å². The molecule has 1 heterocycles. The molecule has 2 rings (SSSR count). The number of aliphatic hydroxyl groups is 1. The molecule has 1 aliphatic carbocycles. The predicted octanol–water partition coefficient (Wildman–Crippen LogP) is 0.873. The van der Waals surface area contributed by atoms with Gasteiger partial charge in [-0.2, -0.15) is 0 Å². The Morgan fingerprint density at radius 2 is 2.08 bits per heavy atom. The summed E-state index contributed by atoms with van der Waals surface area (Å²) in [7, 11) is 0. The highest BCUT2D eigenvalue weighted by Gasteiger charge is 2.28. The lowest BCUT2D eigenvalue weighted by Gasteiger charge is -2.28.